The van der Waals surface area contributed by atoms with Gasteiger partial charge in [-0.2, -0.15) is 0 Å². The molecule has 0 saturated heterocycles. The lowest BCUT2D eigenvalue weighted by atomic mass is 10.1. The van der Waals surface area contributed by atoms with Crippen LogP contribution < -0.4 is 5.73 Å². The maximum absolute atomic E-state index is 12.5. The van der Waals surface area contributed by atoms with Gasteiger partial charge in [0.2, 0.25) is 11.8 Å². The van der Waals surface area contributed by atoms with Crippen molar-refractivity contribution >= 4 is 23.6 Å². The number of hydrogen-bond donors (Lipinski definition) is 1. The van der Waals surface area contributed by atoms with Gasteiger partial charge >= 0.3 is 0 Å². The number of primary amides is 1. The number of nitro groups is 1. The van der Waals surface area contributed by atoms with Crippen molar-refractivity contribution in [1.82, 2.24) is 4.90 Å². The molecule has 0 aliphatic carbocycles. The van der Waals surface area contributed by atoms with Gasteiger partial charge in [0.05, 0.1) is 10.5 Å². The summed E-state index contributed by atoms with van der Waals surface area (Å²) in [5, 5.41) is 11.0. The minimum Gasteiger partial charge on any atom is -0.370 e. The topological polar surface area (TPSA) is 107 Å². The van der Waals surface area contributed by atoms with Crippen molar-refractivity contribution in [2.24, 2.45) is 5.73 Å². The average Bonchev–Trinajstić information content (AvgIpc) is 2.64. The van der Waals surface area contributed by atoms with Gasteiger partial charge in [0.25, 0.3) is 5.69 Å². The third-order valence-corrected chi connectivity index (χ3v) is 3.69. The van der Waals surface area contributed by atoms with E-state index in [1.807, 2.05) is 30.3 Å². The van der Waals surface area contributed by atoms with E-state index in [2.05, 4.69) is 0 Å². The molecule has 0 aliphatic rings. The number of rotatable bonds is 8. The number of carbonyl (C=O) groups excluding carboxylic acids is 2. The SMILES string of the molecule is NC(=O)CCN(Cc1ccccc1)C(=O)/C=C/c1ccccc1[N+](=O)[O-]. The van der Waals surface area contributed by atoms with Gasteiger partial charge < -0.3 is 10.6 Å². The summed E-state index contributed by atoms with van der Waals surface area (Å²) in [6.45, 7) is 0.485. The van der Waals surface area contributed by atoms with E-state index in [4.69, 9.17) is 5.73 Å². The smallest absolute Gasteiger partial charge is 0.276 e. The van der Waals surface area contributed by atoms with Crippen molar-refractivity contribution in [2.45, 2.75) is 13.0 Å². The van der Waals surface area contributed by atoms with Crippen LogP contribution in [-0.2, 0) is 16.1 Å². The zero-order chi connectivity index (χ0) is 18.9. The summed E-state index contributed by atoms with van der Waals surface area (Å²) in [6, 6.07) is 15.5. The molecule has 2 rings (SSSR count). The molecular formula is C19H19N3O4. The predicted molar refractivity (Wildman–Crippen MR) is 97.8 cm³/mol. The van der Waals surface area contributed by atoms with Crippen molar-refractivity contribution in [3.05, 3.63) is 81.9 Å². The summed E-state index contributed by atoms with van der Waals surface area (Å²) in [6.07, 6.45) is 2.72. The first kappa shape index (κ1) is 18.9. The van der Waals surface area contributed by atoms with E-state index in [0.29, 0.717) is 12.1 Å². The van der Waals surface area contributed by atoms with Gasteiger partial charge in [0, 0.05) is 31.7 Å². The Kier molecular flexibility index (Phi) is 6.61. The molecule has 7 heteroatoms. The number of nitro benzene ring substituents is 1. The van der Waals surface area contributed by atoms with Crippen LogP contribution in [0.2, 0.25) is 0 Å². The van der Waals surface area contributed by atoms with Crippen molar-refractivity contribution in [3.63, 3.8) is 0 Å². The molecule has 0 saturated carbocycles. The van der Waals surface area contributed by atoms with Crippen molar-refractivity contribution in [3.8, 4) is 0 Å². The molecule has 0 aliphatic heterocycles. The summed E-state index contributed by atoms with van der Waals surface area (Å²) in [4.78, 5) is 35.6. The van der Waals surface area contributed by atoms with Crippen LogP contribution in [0.15, 0.2) is 60.7 Å². The highest BCUT2D eigenvalue weighted by Crippen LogP contribution is 2.19. The van der Waals surface area contributed by atoms with Gasteiger partial charge in [-0.25, -0.2) is 0 Å². The van der Waals surface area contributed by atoms with Crippen LogP contribution in [0.1, 0.15) is 17.5 Å². The Morgan fingerprint density at radius 1 is 1.08 bits per heavy atom. The number of benzene rings is 2. The van der Waals surface area contributed by atoms with E-state index in [0.717, 1.165) is 5.56 Å². The number of nitrogens with two attached hydrogens (primary N) is 1. The minimum absolute atomic E-state index is 0.0396. The average molecular weight is 353 g/mol. The molecule has 0 bridgehead atoms. The lowest BCUT2D eigenvalue weighted by Gasteiger charge is -2.20. The molecule has 0 unspecified atom stereocenters. The van der Waals surface area contributed by atoms with E-state index in [9.17, 15) is 19.7 Å². The number of hydrogen-bond acceptors (Lipinski definition) is 4. The van der Waals surface area contributed by atoms with Crippen molar-refractivity contribution in [2.75, 3.05) is 6.54 Å². The number of amides is 2. The fourth-order valence-electron chi connectivity index (χ4n) is 2.38. The molecule has 0 aromatic heterocycles. The van der Waals surface area contributed by atoms with E-state index >= 15 is 0 Å². The monoisotopic (exact) mass is 353 g/mol. The number of para-hydroxylation sites is 1. The molecule has 0 fully saturated rings. The second-order valence-electron chi connectivity index (χ2n) is 5.61. The first-order valence-electron chi connectivity index (χ1n) is 8.00. The van der Waals surface area contributed by atoms with Crippen LogP contribution in [0.25, 0.3) is 6.08 Å². The van der Waals surface area contributed by atoms with Crippen LogP contribution in [-0.4, -0.2) is 28.2 Å². The summed E-state index contributed by atoms with van der Waals surface area (Å²) in [5.74, 6) is -0.855. The van der Waals surface area contributed by atoms with Crippen LogP contribution in [0.3, 0.4) is 0 Å². The second-order valence-corrected chi connectivity index (χ2v) is 5.61. The van der Waals surface area contributed by atoms with E-state index < -0.39 is 10.8 Å². The third-order valence-electron chi connectivity index (χ3n) is 3.69. The molecule has 0 spiro atoms. The van der Waals surface area contributed by atoms with Crippen LogP contribution in [0.5, 0.6) is 0 Å². The van der Waals surface area contributed by atoms with Crippen LogP contribution >= 0.6 is 0 Å². The number of carbonyl (C=O) groups is 2. The summed E-state index contributed by atoms with van der Waals surface area (Å²) >= 11 is 0. The molecule has 0 atom stereocenters. The molecule has 0 heterocycles. The first-order valence-corrected chi connectivity index (χ1v) is 8.00. The van der Waals surface area contributed by atoms with E-state index in [1.165, 1.54) is 23.1 Å². The fraction of sp³-hybridized carbons (Fsp3) is 0.158. The highest BCUT2D eigenvalue weighted by Gasteiger charge is 2.14. The Morgan fingerprint density at radius 2 is 1.73 bits per heavy atom. The molecule has 7 nitrogen and oxygen atoms in total. The van der Waals surface area contributed by atoms with Gasteiger partial charge in [-0.05, 0) is 17.7 Å². The maximum atomic E-state index is 12.5. The molecular weight excluding hydrogens is 334 g/mol. The largest absolute Gasteiger partial charge is 0.370 e. The summed E-state index contributed by atoms with van der Waals surface area (Å²) < 4.78 is 0. The van der Waals surface area contributed by atoms with Crippen molar-refractivity contribution < 1.29 is 14.5 Å². The van der Waals surface area contributed by atoms with Gasteiger partial charge in [0.1, 0.15) is 0 Å². The molecule has 2 N–H and O–H groups in total. The Morgan fingerprint density at radius 3 is 2.38 bits per heavy atom. The highest BCUT2D eigenvalue weighted by atomic mass is 16.6. The zero-order valence-corrected chi connectivity index (χ0v) is 14.1. The van der Waals surface area contributed by atoms with Crippen LogP contribution in [0.4, 0.5) is 5.69 Å². The molecule has 2 aromatic carbocycles. The number of nitrogens with zero attached hydrogens (tertiary/aromatic N) is 2. The Hall–Kier alpha value is -3.48. The molecule has 26 heavy (non-hydrogen) atoms. The Bertz CT molecular complexity index is 819. The van der Waals surface area contributed by atoms with Gasteiger partial charge in [-0.15, -0.1) is 0 Å². The van der Waals surface area contributed by atoms with Crippen LogP contribution in [0, 0.1) is 10.1 Å². The summed E-state index contributed by atoms with van der Waals surface area (Å²) in [5.41, 5.74) is 6.34. The maximum Gasteiger partial charge on any atom is 0.276 e. The van der Waals surface area contributed by atoms with Gasteiger partial charge in [-0.1, -0.05) is 42.5 Å². The lowest BCUT2D eigenvalue weighted by molar-refractivity contribution is -0.385. The fourth-order valence-corrected chi connectivity index (χ4v) is 2.38. The molecule has 2 amide bonds. The van der Waals surface area contributed by atoms with Crippen molar-refractivity contribution in [1.29, 1.82) is 0 Å². The highest BCUT2D eigenvalue weighted by molar-refractivity contribution is 5.92. The van der Waals surface area contributed by atoms with Gasteiger partial charge in [0.15, 0.2) is 0 Å². The van der Waals surface area contributed by atoms with E-state index in [-0.39, 0.29) is 24.6 Å². The third kappa shape index (κ3) is 5.55. The van der Waals surface area contributed by atoms with E-state index in [1.54, 1.807) is 18.2 Å². The quantitative estimate of drug-likeness (QED) is 0.447. The normalized spacial score (nSPS) is 10.6. The Labute approximate surface area is 150 Å². The summed E-state index contributed by atoms with van der Waals surface area (Å²) in [7, 11) is 0. The standard InChI is InChI=1S/C19H19N3O4/c20-18(23)12-13-21(14-15-6-2-1-3-7-15)19(24)11-10-16-8-4-5-9-17(16)22(25)26/h1-11H,12-14H2,(H2,20,23)/b11-10+. The Balaban J connectivity index is 2.17. The molecule has 0 radical (unpaired) electrons. The molecule has 2 aromatic rings. The molecule has 134 valence electrons. The van der Waals surface area contributed by atoms with Gasteiger partial charge in [-0.3, -0.25) is 19.7 Å². The lowest BCUT2D eigenvalue weighted by Crippen LogP contribution is -2.32. The minimum atomic E-state index is -0.501. The zero-order valence-electron chi connectivity index (χ0n) is 14.1. The predicted octanol–water partition coefficient (Wildman–Crippen LogP) is 2.51. The second kappa shape index (κ2) is 9.12. The first-order chi connectivity index (χ1) is 12.5.